The lowest BCUT2D eigenvalue weighted by Crippen LogP contribution is -2.45. The molecule has 27 heavy (non-hydrogen) atoms. The second-order valence-electron chi connectivity index (χ2n) is 7.17. The highest BCUT2D eigenvalue weighted by Gasteiger charge is 2.33. The van der Waals surface area contributed by atoms with Gasteiger partial charge in [-0.25, -0.2) is 4.39 Å². The van der Waals surface area contributed by atoms with Gasteiger partial charge in [0.2, 0.25) is 0 Å². The number of phenols is 1. The molecule has 5 nitrogen and oxygen atoms in total. The van der Waals surface area contributed by atoms with Crippen LogP contribution in [0.1, 0.15) is 36.0 Å². The first-order valence-electron chi connectivity index (χ1n) is 9.11. The molecule has 0 radical (unpaired) electrons. The van der Waals surface area contributed by atoms with Gasteiger partial charge in [-0.2, -0.15) is 0 Å². The van der Waals surface area contributed by atoms with E-state index in [0.717, 1.165) is 12.8 Å². The molecule has 3 N–H and O–H groups in total. The van der Waals surface area contributed by atoms with Crippen molar-refractivity contribution in [2.75, 3.05) is 13.2 Å². The molecule has 0 spiro atoms. The van der Waals surface area contributed by atoms with E-state index in [0.29, 0.717) is 36.7 Å². The molecule has 2 aromatic carbocycles. The van der Waals surface area contributed by atoms with Crippen molar-refractivity contribution in [2.45, 2.75) is 31.3 Å². The van der Waals surface area contributed by atoms with Crippen LogP contribution in [-0.2, 0) is 0 Å². The van der Waals surface area contributed by atoms with E-state index >= 15 is 0 Å². The Morgan fingerprint density at radius 1 is 1.19 bits per heavy atom. The second kappa shape index (κ2) is 8.39. The summed E-state index contributed by atoms with van der Waals surface area (Å²) in [7, 11) is 0. The maximum absolute atomic E-state index is 13.2. The lowest BCUT2D eigenvalue weighted by atomic mass is 9.79. The first-order valence-corrected chi connectivity index (χ1v) is 9.11. The molecule has 144 valence electrons. The monoisotopic (exact) mass is 373 g/mol. The van der Waals surface area contributed by atoms with Crippen LogP contribution in [0.15, 0.2) is 48.5 Å². The van der Waals surface area contributed by atoms with E-state index in [2.05, 4.69) is 5.32 Å². The Hall–Kier alpha value is -2.60. The topological polar surface area (TPSA) is 78.8 Å². The van der Waals surface area contributed by atoms with Crippen LogP contribution in [0.4, 0.5) is 4.39 Å². The lowest BCUT2D eigenvalue weighted by molar-refractivity contribution is -0.0129. The summed E-state index contributed by atoms with van der Waals surface area (Å²) in [6.07, 6.45) is 2.70. The summed E-state index contributed by atoms with van der Waals surface area (Å²) in [5.41, 5.74) is -0.490. The predicted octanol–water partition coefficient (Wildman–Crippen LogP) is 3.26. The van der Waals surface area contributed by atoms with Crippen molar-refractivity contribution in [3.8, 4) is 11.5 Å². The quantitative estimate of drug-likeness (QED) is 0.726. The van der Waals surface area contributed by atoms with E-state index in [1.54, 1.807) is 12.1 Å². The number of benzene rings is 2. The first-order chi connectivity index (χ1) is 12.9. The molecule has 1 aliphatic rings. The molecule has 0 heterocycles. The molecule has 0 aromatic heterocycles. The summed E-state index contributed by atoms with van der Waals surface area (Å²) in [5, 5.41) is 22.7. The number of carbonyl (C=O) groups excluding carboxylic acids is 1. The first kappa shape index (κ1) is 19.2. The Morgan fingerprint density at radius 3 is 2.56 bits per heavy atom. The third-order valence-electron chi connectivity index (χ3n) is 5.03. The predicted molar refractivity (Wildman–Crippen MR) is 99.2 cm³/mol. The second-order valence-corrected chi connectivity index (χ2v) is 7.17. The maximum atomic E-state index is 13.2. The van der Waals surface area contributed by atoms with E-state index in [1.165, 1.54) is 36.4 Å². The SMILES string of the molecule is O=C(NC[C@]1(O)CC[C@@H](COc2cccc(F)c2)CC1)c1ccc(O)cc1. The minimum absolute atomic E-state index is 0.101. The van der Waals surface area contributed by atoms with Gasteiger partial charge >= 0.3 is 0 Å². The van der Waals surface area contributed by atoms with Gasteiger partial charge in [0.1, 0.15) is 17.3 Å². The highest BCUT2D eigenvalue weighted by molar-refractivity contribution is 5.94. The van der Waals surface area contributed by atoms with E-state index in [9.17, 15) is 19.4 Å². The van der Waals surface area contributed by atoms with Crippen molar-refractivity contribution in [1.82, 2.24) is 5.32 Å². The van der Waals surface area contributed by atoms with Gasteiger partial charge < -0.3 is 20.3 Å². The Labute approximate surface area is 157 Å². The molecule has 0 bridgehead atoms. The normalized spacial score (nSPS) is 22.2. The molecule has 1 saturated carbocycles. The van der Waals surface area contributed by atoms with Gasteiger partial charge in [-0.05, 0) is 68.0 Å². The molecule has 1 aliphatic carbocycles. The van der Waals surface area contributed by atoms with E-state index < -0.39 is 5.60 Å². The largest absolute Gasteiger partial charge is 0.508 e. The summed E-state index contributed by atoms with van der Waals surface area (Å²) in [5.74, 6) is 0.303. The average molecular weight is 373 g/mol. The lowest BCUT2D eigenvalue weighted by Gasteiger charge is -2.36. The molecule has 0 unspecified atom stereocenters. The average Bonchev–Trinajstić information content (AvgIpc) is 2.66. The van der Waals surface area contributed by atoms with Crippen LogP contribution in [0.5, 0.6) is 11.5 Å². The number of phenolic OH excluding ortho intramolecular Hbond substituents is 1. The van der Waals surface area contributed by atoms with Crippen molar-refractivity contribution < 1.29 is 24.1 Å². The molecule has 0 saturated heterocycles. The van der Waals surface area contributed by atoms with Crippen molar-refractivity contribution in [2.24, 2.45) is 5.92 Å². The Balaban J connectivity index is 1.43. The maximum Gasteiger partial charge on any atom is 0.251 e. The van der Waals surface area contributed by atoms with Crippen LogP contribution in [0.3, 0.4) is 0 Å². The number of nitrogens with one attached hydrogen (secondary N) is 1. The zero-order chi connectivity index (χ0) is 19.3. The van der Waals surface area contributed by atoms with Crippen LogP contribution >= 0.6 is 0 Å². The van der Waals surface area contributed by atoms with E-state index in [4.69, 9.17) is 4.74 Å². The van der Waals surface area contributed by atoms with Gasteiger partial charge in [0.05, 0.1) is 12.2 Å². The standard InChI is InChI=1S/C21H24FNO4/c22-17-2-1-3-19(12-17)27-13-15-8-10-21(26,11-9-15)14-23-20(25)16-4-6-18(24)7-5-16/h1-7,12,15,24,26H,8-11,13-14H2,(H,23,25)/t15-,21+. The van der Waals surface area contributed by atoms with E-state index in [-0.39, 0.29) is 24.0 Å². The van der Waals surface area contributed by atoms with Gasteiger partial charge in [-0.1, -0.05) is 6.07 Å². The molecule has 2 aromatic rings. The molecule has 1 fully saturated rings. The van der Waals surface area contributed by atoms with Gasteiger partial charge in [-0.3, -0.25) is 4.79 Å². The zero-order valence-corrected chi connectivity index (χ0v) is 15.0. The molecular weight excluding hydrogens is 349 g/mol. The Morgan fingerprint density at radius 2 is 1.89 bits per heavy atom. The minimum atomic E-state index is -0.929. The van der Waals surface area contributed by atoms with Crippen LogP contribution in [0.2, 0.25) is 0 Å². The molecular formula is C21H24FNO4. The fraction of sp³-hybridized carbons (Fsp3) is 0.381. The number of aromatic hydroxyl groups is 1. The number of carbonyl (C=O) groups is 1. The van der Waals surface area contributed by atoms with Crippen LogP contribution in [0.25, 0.3) is 0 Å². The van der Waals surface area contributed by atoms with Gasteiger partial charge in [-0.15, -0.1) is 0 Å². The molecule has 1 amide bonds. The third-order valence-corrected chi connectivity index (χ3v) is 5.03. The zero-order valence-electron chi connectivity index (χ0n) is 15.0. The summed E-state index contributed by atoms with van der Waals surface area (Å²) in [6, 6.07) is 12.0. The highest BCUT2D eigenvalue weighted by atomic mass is 19.1. The van der Waals surface area contributed by atoms with Crippen molar-refractivity contribution >= 4 is 5.91 Å². The smallest absolute Gasteiger partial charge is 0.251 e. The summed E-state index contributed by atoms with van der Waals surface area (Å²) < 4.78 is 18.8. The number of rotatable bonds is 6. The fourth-order valence-corrected chi connectivity index (χ4v) is 3.29. The van der Waals surface area contributed by atoms with Crippen molar-refractivity contribution in [3.63, 3.8) is 0 Å². The van der Waals surface area contributed by atoms with Crippen molar-refractivity contribution in [3.05, 3.63) is 59.9 Å². The number of hydrogen-bond donors (Lipinski definition) is 3. The number of aliphatic hydroxyl groups is 1. The summed E-state index contributed by atoms with van der Waals surface area (Å²) >= 11 is 0. The number of hydrogen-bond acceptors (Lipinski definition) is 4. The molecule has 0 aliphatic heterocycles. The Bertz CT molecular complexity index is 770. The van der Waals surface area contributed by atoms with Gasteiger partial charge in [0.25, 0.3) is 5.91 Å². The van der Waals surface area contributed by atoms with E-state index in [1.807, 2.05) is 0 Å². The fourth-order valence-electron chi connectivity index (χ4n) is 3.29. The highest BCUT2D eigenvalue weighted by Crippen LogP contribution is 2.32. The van der Waals surface area contributed by atoms with Crippen molar-refractivity contribution in [1.29, 1.82) is 0 Å². The molecule has 6 heteroatoms. The summed E-state index contributed by atoms with van der Waals surface area (Å²) in [6.45, 7) is 0.670. The third kappa shape index (κ3) is 5.44. The van der Waals surface area contributed by atoms with Gasteiger partial charge in [0, 0.05) is 18.2 Å². The van der Waals surface area contributed by atoms with Crippen LogP contribution in [0, 0.1) is 11.7 Å². The number of halogens is 1. The van der Waals surface area contributed by atoms with Gasteiger partial charge in [0.15, 0.2) is 0 Å². The molecule has 0 atom stereocenters. The minimum Gasteiger partial charge on any atom is -0.508 e. The molecule has 3 rings (SSSR count). The number of amides is 1. The van der Waals surface area contributed by atoms with Crippen LogP contribution in [-0.4, -0.2) is 34.9 Å². The number of ether oxygens (including phenoxy) is 1. The summed E-state index contributed by atoms with van der Waals surface area (Å²) in [4.78, 5) is 12.1. The van der Waals surface area contributed by atoms with Crippen LogP contribution < -0.4 is 10.1 Å². The Kier molecular flexibility index (Phi) is 5.96.